The molecule has 4 fully saturated rings. The lowest BCUT2D eigenvalue weighted by molar-refractivity contribution is -0.139. The van der Waals surface area contributed by atoms with Gasteiger partial charge in [0.1, 0.15) is 0 Å². The molecule has 2 heterocycles. The van der Waals surface area contributed by atoms with Crippen LogP contribution in [0.25, 0.3) is 0 Å². The minimum atomic E-state index is -0.0264. The highest BCUT2D eigenvalue weighted by Crippen LogP contribution is 2.36. The van der Waals surface area contributed by atoms with Gasteiger partial charge < -0.3 is 15.0 Å². The van der Waals surface area contributed by atoms with Crippen LogP contribution < -0.4 is 5.32 Å². The summed E-state index contributed by atoms with van der Waals surface area (Å²) in [5, 5.41) is 3.27. The van der Waals surface area contributed by atoms with E-state index in [4.69, 9.17) is 4.74 Å². The van der Waals surface area contributed by atoms with Gasteiger partial charge in [0.05, 0.1) is 19.1 Å². The molecule has 4 aliphatic rings. The summed E-state index contributed by atoms with van der Waals surface area (Å²) in [4.78, 5) is 29.3. The summed E-state index contributed by atoms with van der Waals surface area (Å²) < 4.78 is 5.51. The minimum absolute atomic E-state index is 0.0264. The van der Waals surface area contributed by atoms with Gasteiger partial charge >= 0.3 is 0 Å². The molecule has 4 rings (SSSR count). The van der Waals surface area contributed by atoms with Crippen molar-refractivity contribution in [2.75, 3.05) is 39.4 Å². The zero-order chi connectivity index (χ0) is 17.3. The number of rotatable bonds is 5. The second-order valence-electron chi connectivity index (χ2n) is 8.26. The van der Waals surface area contributed by atoms with E-state index in [1.807, 2.05) is 4.90 Å². The highest BCUT2D eigenvalue weighted by Gasteiger charge is 2.42. The Balaban J connectivity index is 1.34. The molecule has 25 heavy (non-hydrogen) atoms. The summed E-state index contributed by atoms with van der Waals surface area (Å²) in [7, 11) is 0. The number of amides is 2. The van der Waals surface area contributed by atoms with Crippen LogP contribution in [0.4, 0.5) is 0 Å². The van der Waals surface area contributed by atoms with E-state index in [0.29, 0.717) is 25.4 Å². The summed E-state index contributed by atoms with van der Waals surface area (Å²) in [5.41, 5.74) is 0.125. The monoisotopic (exact) mass is 349 g/mol. The molecule has 0 spiro atoms. The quantitative estimate of drug-likeness (QED) is 0.809. The van der Waals surface area contributed by atoms with E-state index in [9.17, 15) is 9.59 Å². The second-order valence-corrected chi connectivity index (χ2v) is 8.26. The number of morpholine rings is 1. The molecule has 1 N–H and O–H groups in total. The van der Waals surface area contributed by atoms with Crippen molar-refractivity contribution in [2.45, 2.75) is 62.9 Å². The number of hydrogen-bond acceptors (Lipinski definition) is 4. The zero-order valence-electron chi connectivity index (χ0n) is 15.2. The predicted octanol–water partition coefficient (Wildman–Crippen LogP) is 1.15. The van der Waals surface area contributed by atoms with Gasteiger partial charge in [0, 0.05) is 44.2 Å². The first-order chi connectivity index (χ1) is 12.2. The summed E-state index contributed by atoms with van der Waals surface area (Å²) in [6.07, 6.45) is 8.30. The smallest absolute Gasteiger partial charge is 0.224 e. The number of carbonyl (C=O) groups excluding carboxylic acids is 2. The maximum Gasteiger partial charge on any atom is 0.224 e. The fourth-order valence-electron chi connectivity index (χ4n) is 4.90. The van der Waals surface area contributed by atoms with Crippen LogP contribution >= 0.6 is 0 Å². The van der Waals surface area contributed by atoms with Gasteiger partial charge in [-0.25, -0.2) is 0 Å². The van der Waals surface area contributed by atoms with Crippen molar-refractivity contribution in [1.29, 1.82) is 0 Å². The van der Waals surface area contributed by atoms with Crippen molar-refractivity contribution in [2.24, 2.45) is 5.92 Å². The standard InChI is InChI=1S/C19H31N3O3/c23-17-6-3-15(13-22(17)16-4-5-16)18(24)20-14-19(7-1-2-8-19)21-9-11-25-12-10-21/h15-16H,1-14H2,(H,20,24)/t15-/m0/s1. The van der Waals surface area contributed by atoms with Crippen molar-refractivity contribution in [3.8, 4) is 0 Å². The number of hydrogen-bond donors (Lipinski definition) is 1. The molecule has 0 aromatic carbocycles. The molecule has 2 saturated carbocycles. The normalized spacial score (nSPS) is 30.5. The largest absolute Gasteiger partial charge is 0.379 e. The Morgan fingerprint density at radius 2 is 1.88 bits per heavy atom. The second kappa shape index (κ2) is 7.23. The Morgan fingerprint density at radius 3 is 2.56 bits per heavy atom. The zero-order valence-corrected chi connectivity index (χ0v) is 15.2. The maximum atomic E-state index is 12.8. The SMILES string of the molecule is O=C(NCC1(N2CCOCC2)CCCC1)[C@H]1CCC(=O)N(C2CC2)C1. The van der Waals surface area contributed by atoms with Gasteiger partial charge in [0.2, 0.25) is 11.8 Å². The van der Waals surface area contributed by atoms with E-state index in [2.05, 4.69) is 10.2 Å². The van der Waals surface area contributed by atoms with Crippen LogP contribution in [0.2, 0.25) is 0 Å². The van der Waals surface area contributed by atoms with Crippen LogP contribution in [0.1, 0.15) is 51.4 Å². The first-order valence-corrected chi connectivity index (χ1v) is 10.1. The van der Waals surface area contributed by atoms with Gasteiger partial charge in [-0.2, -0.15) is 0 Å². The molecular weight excluding hydrogens is 318 g/mol. The molecular formula is C19H31N3O3. The summed E-state index contributed by atoms with van der Waals surface area (Å²) in [6, 6.07) is 0.414. The fourth-order valence-corrected chi connectivity index (χ4v) is 4.90. The van der Waals surface area contributed by atoms with Crippen molar-refractivity contribution in [3.63, 3.8) is 0 Å². The lowest BCUT2D eigenvalue weighted by Crippen LogP contribution is -2.58. The van der Waals surface area contributed by atoms with E-state index in [1.54, 1.807) is 0 Å². The topological polar surface area (TPSA) is 61.9 Å². The van der Waals surface area contributed by atoms with E-state index in [1.165, 1.54) is 25.7 Å². The van der Waals surface area contributed by atoms with Gasteiger partial charge in [-0.05, 0) is 32.1 Å². The molecule has 2 aliphatic carbocycles. The third-order valence-electron chi connectivity index (χ3n) is 6.61. The molecule has 0 unspecified atom stereocenters. The van der Waals surface area contributed by atoms with Crippen molar-refractivity contribution in [1.82, 2.24) is 15.1 Å². The van der Waals surface area contributed by atoms with Crippen LogP contribution in [0.15, 0.2) is 0 Å². The number of likely N-dealkylation sites (tertiary alicyclic amines) is 1. The summed E-state index contributed by atoms with van der Waals surface area (Å²) in [6.45, 7) is 4.93. The third-order valence-corrected chi connectivity index (χ3v) is 6.61. The van der Waals surface area contributed by atoms with E-state index in [-0.39, 0.29) is 23.3 Å². The maximum absolute atomic E-state index is 12.8. The highest BCUT2D eigenvalue weighted by molar-refractivity contribution is 5.84. The van der Waals surface area contributed by atoms with Crippen LogP contribution in [0.5, 0.6) is 0 Å². The Morgan fingerprint density at radius 1 is 1.16 bits per heavy atom. The number of ether oxygens (including phenoxy) is 1. The number of carbonyl (C=O) groups is 2. The van der Waals surface area contributed by atoms with Gasteiger partial charge in [0.15, 0.2) is 0 Å². The average Bonchev–Trinajstić information content (AvgIpc) is 3.38. The number of nitrogens with one attached hydrogen (secondary N) is 1. The van der Waals surface area contributed by atoms with E-state index >= 15 is 0 Å². The molecule has 0 radical (unpaired) electrons. The molecule has 6 nitrogen and oxygen atoms in total. The van der Waals surface area contributed by atoms with Gasteiger partial charge in [-0.3, -0.25) is 14.5 Å². The lowest BCUT2D eigenvalue weighted by atomic mass is 9.92. The molecule has 2 saturated heterocycles. The first kappa shape index (κ1) is 17.3. The summed E-state index contributed by atoms with van der Waals surface area (Å²) in [5.74, 6) is 0.367. The molecule has 0 bridgehead atoms. The Kier molecular flexibility index (Phi) is 5.00. The van der Waals surface area contributed by atoms with Crippen molar-refractivity contribution in [3.05, 3.63) is 0 Å². The lowest BCUT2D eigenvalue weighted by Gasteiger charge is -2.44. The molecule has 2 amide bonds. The summed E-state index contributed by atoms with van der Waals surface area (Å²) >= 11 is 0. The van der Waals surface area contributed by atoms with Crippen molar-refractivity contribution >= 4 is 11.8 Å². The Bertz CT molecular complexity index is 508. The van der Waals surface area contributed by atoms with E-state index in [0.717, 1.165) is 45.7 Å². The average molecular weight is 349 g/mol. The van der Waals surface area contributed by atoms with Crippen LogP contribution in [-0.4, -0.2) is 72.6 Å². The van der Waals surface area contributed by atoms with Crippen LogP contribution in [0, 0.1) is 5.92 Å². The van der Waals surface area contributed by atoms with Crippen LogP contribution in [-0.2, 0) is 14.3 Å². The molecule has 6 heteroatoms. The molecule has 140 valence electrons. The minimum Gasteiger partial charge on any atom is -0.379 e. The molecule has 0 aromatic heterocycles. The highest BCUT2D eigenvalue weighted by atomic mass is 16.5. The fraction of sp³-hybridized carbons (Fsp3) is 0.895. The third kappa shape index (κ3) is 3.70. The molecule has 1 atom stereocenters. The van der Waals surface area contributed by atoms with Gasteiger partial charge in [-0.15, -0.1) is 0 Å². The van der Waals surface area contributed by atoms with Gasteiger partial charge in [-0.1, -0.05) is 12.8 Å². The van der Waals surface area contributed by atoms with Crippen LogP contribution in [0.3, 0.4) is 0 Å². The first-order valence-electron chi connectivity index (χ1n) is 10.1. The number of nitrogens with zero attached hydrogens (tertiary/aromatic N) is 2. The van der Waals surface area contributed by atoms with E-state index < -0.39 is 0 Å². The molecule has 0 aromatic rings. The number of piperidine rings is 1. The predicted molar refractivity (Wildman–Crippen MR) is 94.1 cm³/mol. The van der Waals surface area contributed by atoms with Crippen molar-refractivity contribution < 1.29 is 14.3 Å². The van der Waals surface area contributed by atoms with Gasteiger partial charge in [0.25, 0.3) is 0 Å². The Hall–Kier alpha value is -1.14. The Labute approximate surface area is 150 Å². The molecule has 2 aliphatic heterocycles.